The monoisotopic (exact) mass is 289 g/mol. The van der Waals surface area contributed by atoms with Crippen molar-refractivity contribution in [2.75, 3.05) is 7.11 Å². The fourth-order valence-corrected chi connectivity index (χ4v) is 0.833. The minimum atomic E-state index is -0.384. The van der Waals surface area contributed by atoms with Crippen LogP contribution in [0.1, 0.15) is 5.69 Å². The van der Waals surface area contributed by atoms with E-state index < -0.39 is 0 Å². The molecule has 0 amide bonds. The number of aliphatic hydroxyl groups is 1. The third-order valence-electron chi connectivity index (χ3n) is 1.49. The van der Waals surface area contributed by atoms with Crippen molar-refractivity contribution in [3.63, 3.8) is 0 Å². The number of aromatic nitrogens is 1. The van der Waals surface area contributed by atoms with Crippen LogP contribution in [0.2, 0.25) is 0 Å². The Balaban J connectivity index is 0.000000494. The Kier molecular flexibility index (Phi) is 9.68. The summed E-state index contributed by atoms with van der Waals surface area (Å²) in [5, 5.41) is 7.79. The van der Waals surface area contributed by atoms with E-state index in [1.54, 1.807) is 6.20 Å². The molecule has 9 heteroatoms. The van der Waals surface area contributed by atoms with Gasteiger partial charge in [-0.25, -0.2) is 11.3 Å². The molecule has 0 saturated carbocycles. The number of methoxy groups -OCH3 is 1. The largest absolute Gasteiger partial charge is 0.486 e. The van der Waals surface area contributed by atoms with Gasteiger partial charge in [-0.15, -0.1) is 0 Å². The molecule has 0 aromatic carbocycles. The number of nitrogens with two attached hydrogens (primary N) is 1. The van der Waals surface area contributed by atoms with Crippen LogP contribution in [0.15, 0.2) is 24.4 Å². The molecule has 0 aliphatic heterocycles. The number of nitrogens with zero attached hydrogens (tertiary/aromatic N) is 1. The van der Waals surface area contributed by atoms with Crippen LogP contribution in [-0.4, -0.2) is 27.5 Å². The summed E-state index contributed by atoms with van der Waals surface area (Å²) >= 11 is 8.77. The number of aliphatic hydroxyl groups excluding tert-OH is 1. The Morgan fingerprint density at radius 1 is 1.50 bits per heavy atom. The van der Waals surface area contributed by atoms with E-state index >= 15 is 0 Å². The molecule has 0 spiro atoms. The van der Waals surface area contributed by atoms with Gasteiger partial charge in [0.1, 0.15) is 0 Å². The summed E-state index contributed by atoms with van der Waals surface area (Å²) in [6.45, 7) is 0.602. The van der Waals surface area contributed by atoms with Gasteiger partial charge in [0.2, 0.25) is 0 Å². The maximum Gasteiger partial charge on any atom is 0.271 e. The van der Waals surface area contributed by atoms with E-state index in [0.717, 1.165) is 5.69 Å². The lowest BCUT2D eigenvalue weighted by atomic mass is 10.4. The van der Waals surface area contributed by atoms with Gasteiger partial charge < -0.3 is 9.84 Å². The topological polar surface area (TPSA) is 104 Å². The minimum absolute atomic E-state index is 0.316. The molecule has 1 rings (SSSR count). The predicted octanol–water partition coefficient (Wildman–Crippen LogP) is -0.100. The number of pyridine rings is 1. The average molecular weight is 289 g/mol. The second-order valence-corrected chi connectivity index (χ2v) is 3.50. The molecule has 0 bridgehead atoms. The second-order valence-electron chi connectivity index (χ2n) is 2.74. The first kappa shape index (κ1) is 16.4. The summed E-state index contributed by atoms with van der Waals surface area (Å²) in [6, 6.07) is 5.72. The average Bonchev–Trinajstić information content (AvgIpc) is 2.40. The molecular formula is C9H15N5O2S2. The van der Waals surface area contributed by atoms with E-state index in [9.17, 15) is 0 Å². The van der Waals surface area contributed by atoms with Crippen LogP contribution in [-0.2, 0) is 11.3 Å². The molecule has 0 aliphatic carbocycles. The van der Waals surface area contributed by atoms with Gasteiger partial charge in [0.15, 0.2) is 0 Å². The van der Waals surface area contributed by atoms with Crippen molar-refractivity contribution in [2.45, 2.75) is 6.54 Å². The van der Waals surface area contributed by atoms with E-state index in [4.69, 9.17) is 22.1 Å². The van der Waals surface area contributed by atoms with E-state index in [2.05, 4.69) is 33.9 Å². The maximum absolute atomic E-state index is 7.86. The van der Waals surface area contributed by atoms with Gasteiger partial charge in [-0.1, -0.05) is 6.07 Å². The van der Waals surface area contributed by atoms with Crippen molar-refractivity contribution in [3.05, 3.63) is 30.1 Å². The molecule has 100 valence electrons. The molecular weight excluding hydrogens is 274 g/mol. The maximum atomic E-state index is 7.86. The molecule has 0 aliphatic rings. The zero-order chi connectivity index (χ0) is 13.8. The highest BCUT2D eigenvalue weighted by atomic mass is 32.1. The molecule has 0 unspecified atom stereocenters. The molecule has 1 heterocycles. The first-order chi connectivity index (χ1) is 8.60. The van der Waals surface area contributed by atoms with Crippen LogP contribution in [0.25, 0.3) is 0 Å². The SMILES string of the molecule is COC(=S)NNCc1ccccn1.NNC(O)=S. The van der Waals surface area contributed by atoms with Crippen LogP contribution in [0.4, 0.5) is 0 Å². The van der Waals surface area contributed by atoms with Crippen LogP contribution >= 0.6 is 24.4 Å². The molecule has 1 aromatic heterocycles. The van der Waals surface area contributed by atoms with Crippen molar-refractivity contribution in [3.8, 4) is 0 Å². The Bertz CT molecular complexity index is 363. The van der Waals surface area contributed by atoms with Crippen molar-refractivity contribution in [1.82, 2.24) is 21.3 Å². The number of nitrogens with one attached hydrogen (secondary N) is 3. The highest BCUT2D eigenvalue weighted by molar-refractivity contribution is 7.80. The van der Waals surface area contributed by atoms with E-state index in [1.807, 2.05) is 23.6 Å². The predicted molar refractivity (Wildman–Crippen MR) is 76.4 cm³/mol. The van der Waals surface area contributed by atoms with Gasteiger partial charge in [-0.05, 0) is 36.6 Å². The smallest absolute Gasteiger partial charge is 0.271 e. The van der Waals surface area contributed by atoms with Gasteiger partial charge >= 0.3 is 0 Å². The summed E-state index contributed by atoms with van der Waals surface area (Å²) in [7, 11) is 1.51. The van der Waals surface area contributed by atoms with Gasteiger partial charge in [-0.3, -0.25) is 15.8 Å². The van der Waals surface area contributed by atoms with Crippen LogP contribution in [0.3, 0.4) is 0 Å². The number of thiocarbonyl (C=S) groups is 2. The zero-order valence-corrected chi connectivity index (χ0v) is 11.3. The molecule has 0 atom stereocenters. The number of ether oxygens (including phenoxy) is 1. The standard InChI is InChI=1S/C8H11N3OS.CH4N2OS/c1-12-8(13)11-10-6-7-4-2-3-5-9-7;2-3-1(4)5/h2-5,10H,6H2,1H3,(H,11,13);2H2,(H2,3,4,5). The first-order valence-corrected chi connectivity index (χ1v) is 5.58. The summed E-state index contributed by atoms with van der Waals surface area (Å²) in [4.78, 5) is 4.11. The first-order valence-electron chi connectivity index (χ1n) is 4.76. The fraction of sp³-hybridized carbons (Fsp3) is 0.222. The zero-order valence-electron chi connectivity index (χ0n) is 9.71. The van der Waals surface area contributed by atoms with Crippen molar-refractivity contribution >= 4 is 34.8 Å². The van der Waals surface area contributed by atoms with Gasteiger partial charge in [0.25, 0.3) is 10.3 Å². The Labute approximate surface area is 116 Å². The van der Waals surface area contributed by atoms with Crippen LogP contribution < -0.4 is 22.1 Å². The quantitative estimate of drug-likeness (QED) is 0.296. The van der Waals surface area contributed by atoms with E-state index in [1.165, 1.54) is 7.11 Å². The highest BCUT2D eigenvalue weighted by Crippen LogP contribution is 1.90. The molecule has 6 N–H and O–H groups in total. The normalized spacial score (nSPS) is 8.56. The molecule has 0 radical (unpaired) electrons. The highest BCUT2D eigenvalue weighted by Gasteiger charge is 1.93. The van der Waals surface area contributed by atoms with Crippen molar-refractivity contribution < 1.29 is 9.84 Å². The number of hydrogen-bond donors (Lipinski definition) is 5. The summed E-state index contributed by atoms with van der Waals surface area (Å²) in [5.74, 6) is 4.53. The summed E-state index contributed by atoms with van der Waals surface area (Å²) in [5.41, 5.74) is 8.33. The summed E-state index contributed by atoms with van der Waals surface area (Å²) in [6.07, 6.45) is 1.74. The minimum Gasteiger partial charge on any atom is -0.486 e. The van der Waals surface area contributed by atoms with E-state index in [-0.39, 0.29) is 5.17 Å². The Morgan fingerprint density at radius 2 is 2.17 bits per heavy atom. The van der Waals surface area contributed by atoms with Gasteiger partial charge in [0.05, 0.1) is 19.3 Å². The lowest BCUT2D eigenvalue weighted by molar-refractivity contribution is 0.380. The van der Waals surface area contributed by atoms with Crippen molar-refractivity contribution in [1.29, 1.82) is 0 Å². The fourth-order valence-electron chi connectivity index (χ4n) is 0.761. The molecule has 0 fully saturated rings. The molecule has 0 saturated heterocycles. The lowest BCUT2D eigenvalue weighted by Crippen LogP contribution is -2.36. The Morgan fingerprint density at radius 3 is 2.61 bits per heavy atom. The molecule has 18 heavy (non-hydrogen) atoms. The lowest BCUT2D eigenvalue weighted by Gasteiger charge is -2.06. The van der Waals surface area contributed by atoms with Gasteiger partial charge in [0, 0.05) is 6.20 Å². The third kappa shape index (κ3) is 9.66. The Hall–Kier alpha value is -1.55. The van der Waals surface area contributed by atoms with Crippen LogP contribution in [0.5, 0.6) is 0 Å². The van der Waals surface area contributed by atoms with Crippen LogP contribution in [0, 0.1) is 0 Å². The number of hydrogen-bond acceptors (Lipinski definition) is 6. The van der Waals surface area contributed by atoms with Gasteiger partial charge in [-0.2, -0.15) is 0 Å². The molecule has 7 nitrogen and oxygen atoms in total. The second kappa shape index (κ2) is 10.6. The van der Waals surface area contributed by atoms with Crippen molar-refractivity contribution in [2.24, 2.45) is 5.84 Å². The number of rotatable bonds is 3. The third-order valence-corrected chi connectivity index (χ3v) is 1.88. The van der Waals surface area contributed by atoms with E-state index in [0.29, 0.717) is 11.7 Å². The number of hydrazine groups is 2. The summed E-state index contributed by atoms with van der Waals surface area (Å²) < 4.78 is 4.73. The molecule has 1 aromatic rings.